The van der Waals surface area contributed by atoms with Crippen molar-refractivity contribution in [2.75, 3.05) is 13.6 Å². The third kappa shape index (κ3) is 5.25. The van der Waals surface area contributed by atoms with E-state index < -0.39 is 5.82 Å². The lowest BCUT2D eigenvalue weighted by molar-refractivity contribution is 0.185. The van der Waals surface area contributed by atoms with Crippen LogP contribution in [-0.2, 0) is 6.54 Å². The second kappa shape index (κ2) is 8.12. The molecule has 6 heteroatoms. The first kappa shape index (κ1) is 16.7. The van der Waals surface area contributed by atoms with Gasteiger partial charge in [0.05, 0.1) is 6.54 Å². The van der Waals surface area contributed by atoms with Crippen molar-refractivity contribution in [3.05, 3.63) is 60.2 Å². The van der Waals surface area contributed by atoms with Crippen molar-refractivity contribution in [2.45, 2.75) is 19.6 Å². The Hall–Kier alpha value is -2.63. The predicted octanol–water partition coefficient (Wildman–Crippen LogP) is 2.83. The molecule has 1 unspecified atom stereocenters. The molecule has 122 valence electrons. The molecule has 1 aromatic heterocycles. The van der Waals surface area contributed by atoms with Crippen LogP contribution >= 0.6 is 0 Å². The van der Waals surface area contributed by atoms with Crippen LogP contribution in [0.4, 0.5) is 9.18 Å². The van der Waals surface area contributed by atoms with E-state index in [2.05, 4.69) is 10.3 Å². The molecule has 0 aliphatic rings. The molecule has 23 heavy (non-hydrogen) atoms. The number of halogens is 1. The van der Waals surface area contributed by atoms with E-state index >= 15 is 0 Å². The number of para-hydroxylation sites is 1. The first-order valence-electron chi connectivity index (χ1n) is 7.35. The summed E-state index contributed by atoms with van der Waals surface area (Å²) in [5.41, 5.74) is 0.994. The fraction of sp³-hybridized carbons (Fsp3) is 0.294. The van der Waals surface area contributed by atoms with Crippen molar-refractivity contribution in [3.63, 3.8) is 0 Å². The van der Waals surface area contributed by atoms with Gasteiger partial charge in [0, 0.05) is 26.0 Å². The number of nitrogens with one attached hydrogen (secondary N) is 1. The Balaban J connectivity index is 1.78. The number of pyridine rings is 1. The van der Waals surface area contributed by atoms with E-state index in [1.54, 1.807) is 49.5 Å². The summed E-state index contributed by atoms with van der Waals surface area (Å²) in [6, 6.07) is 9.69. The molecule has 0 saturated heterocycles. The molecule has 1 aromatic carbocycles. The van der Waals surface area contributed by atoms with E-state index in [1.807, 2.05) is 12.1 Å². The number of benzene rings is 1. The highest BCUT2D eigenvalue weighted by molar-refractivity contribution is 5.73. The van der Waals surface area contributed by atoms with Gasteiger partial charge in [0.25, 0.3) is 0 Å². The van der Waals surface area contributed by atoms with Crippen molar-refractivity contribution >= 4 is 6.03 Å². The highest BCUT2D eigenvalue weighted by Gasteiger charge is 2.12. The first-order valence-corrected chi connectivity index (χ1v) is 7.35. The third-order valence-electron chi connectivity index (χ3n) is 3.22. The second-order valence-corrected chi connectivity index (χ2v) is 5.26. The van der Waals surface area contributed by atoms with Crippen LogP contribution in [0.25, 0.3) is 0 Å². The highest BCUT2D eigenvalue weighted by Crippen LogP contribution is 2.16. The number of carbonyl (C=O) groups excluding carboxylic acids is 1. The van der Waals surface area contributed by atoms with Gasteiger partial charge >= 0.3 is 6.03 Å². The molecule has 1 N–H and O–H groups in total. The number of hydrogen-bond acceptors (Lipinski definition) is 3. The summed E-state index contributed by atoms with van der Waals surface area (Å²) in [7, 11) is 1.71. The van der Waals surface area contributed by atoms with Crippen LogP contribution in [0.15, 0.2) is 48.8 Å². The van der Waals surface area contributed by atoms with Crippen LogP contribution in [0.1, 0.15) is 12.5 Å². The summed E-state index contributed by atoms with van der Waals surface area (Å²) in [6.45, 7) is 2.54. The van der Waals surface area contributed by atoms with Gasteiger partial charge in [0.2, 0.25) is 0 Å². The Labute approximate surface area is 135 Å². The summed E-state index contributed by atoms with van der Waals surface area (Å²) < 4.78 is 19.0. The van der Waals surface area contributed by atoms with Gasteiger partial charge in [-0.05, 0) is 36.8 Å². The summed E-state index contributed by atoms with van der Waals surface area (Å²) in [5.74, 6) is -0.236. The minimum atomic E-state index is -0.416. The molecule has 5 nitrogen and oxygen atoms in total. The SMILES string of the molecule is CC(CNC(=O)N(C)Cc1ccncc1)Oc1ccccc1F. The molecule has 2 amide bonds. The van der Waals surface area contributed by atoms with Gasteiger partial charge in [0.15, 0.2) is 11.6 Å². The Morgan fingerprint density at radius 1 is 1.30 bits per heavy atom. The molecule has 2 rings (SSSR count). The van der Waals surface area contributed by atoms with Gasteiger partial charge in [-0.25, -0.2) is 9.18 Å². The normalized spacial score (nSPS) is 11.6. The van der Waals surface area contributed by atoms with Crippen molar-refractivity contribution in [3.8, 4) is 5.75 Å². The van der Waals surface area contributed by atoms with Crippen LogP contribution in [0.3, 0.4) is 0 Å². The van der Waals surface area contributed by atoms with Crippen molar-refractivity contribution in [2.24, 2.45) is 0 Å². The lowest BCUT2D eigenvalue weighted by Gasteiger charge is -2.20. The zero-order valence-electron chi connectivity index (χ0n) is 13.2. The van der Waals surface area contributed by atoms with E-state index in [-0.39, 0.29) is 24.4 Å². The van der Waals surface area contributed by atoms with Gasteiger partial charge in [-0.1, -0.05) is 12.1 Å². The zero-order valence-corrected chi connectivity index (χ0v) is 13.2. The summed E-state index contributed by atoms with van der Waals surface area (Å²) in [6.07, 6.45) is 3.03. The first-order chi connectivity index (χ1) is 11.1. The van der Waals surface area contributed by atoms with Crippen molar-refractivity contribution in [1.29, 1.82) is 0 Å². The predicted molar refractivity (Wildman–Crippen MR) is 85.6 cm³/mol. The highest BCUT2D eigenvalue weighted by atomic mass is 19.1. The molecule has 0 aliphatic heterocycles. The number of aromatic nitrogens is 1. The summed E-state index contributed by atoms with van der Waals surface area (Å²) in [4.78, 5) is 17.5. The lowest BCUT2D eigenvalue weighted by atomic mass is 10.2. The van der Waals surface area contributed by atoms with Crippen molar-refractivity contribution in [1.82, 2.24) is 15.2 Å². The number of carbonyl (C=O) groups is 1. The number of rotatable bonds is 6. The largest absolute Gasteiger partial charge is 0.486 e. The minimum absolute atomic E-state index is 0.180. The van der Waals surface area contributed by atoms with Crippen LogP contribution < -0.4 is 10.1 Å². The van der Waals surface area contributed by atoms with E-state index in [9.17, 15) is 9.18 Å². The lowest BCUT2D eigenvalue weighted by Crippen LogP contribution is -2.41. The van der Waals surface area contributed by atoms with Crippen LogP contribution in [-0.4, -0.2) is 35.6 Å². The average Bonchev–Trinajstić information content (AvgIpc) is 2.55. The summed E-state index contributed by atoms with van der Waals surface area (Å²) in [5, 5.41) is 2.77. The molecule has 2 aromatic rings. The maximum atomic E-state index is 13.5. The molecule has 0 fully saturated rings. The molecule has 1 heterocycles. The molecular weight excluding hydrogens is 297 g/mol. The molecule has 0 aliphatic carbocycles. The van der Waals surface area contributed by atoms with Gasteiger partial charge in [-0.2, -0.15) is 0 Å². The minimum Gasteiger partial charge on any atom is -0.486 e. The van der Waals surface area contributed by atoms with Crippen LogP contribution in [0.2, 0.25) is 0 Å². The fourth-order valence-electron chi connectivity index (χ4n) is 2.00. The average molecular weight is 317 g/mol. The monoisotopic (exact) mass is 317 g/mol. The number of ether oxygens (including phenoxy) is 1. The number of nitrogens with zero attached hydrogens (tertiary/aromatic N) is 2. The topological polar surface area (TPSA) is 54.5 Å². The third-order valence-corrected chi connectivity index (χ3v) is 3.22. The quantitative estimate of drug-likeness (QED) is 0.891. The van der Waals surface area contributed by atoms with Crippen molar-refractivity contribution < 1.29 is 13.9 Å². The number of urea groups is 1. The molecular formula is C17H20FN3O2. The standard InChI is InChI=1S/C17H20FN3O2/c1-13(23-16-6-4-3-5-15(16)18)11-20-17(22)21(2)12-14-7-9-19-10-8-14/h3-10,13H,11-12H2,1-2H3,(H,20,22). The summed E-state index contributed by atoms with van der Waals surface area (Å²) >= 11 is 0. The van der Waals surface area contributed by atoms with Crippen LogP contribution in [0, 0.1) is 5.82 Å². The smallest absolute Gasteiger partial charge is 0.317 e. The van der Waals surface area contributed by atoms with E-state index in [4.69, 9.17) is 4.74 Å². The van der Waals surface area contributed by atoms with E-state index in [1.165, 1.54) is 6.07 Å². The van der Waals surface area contributed by atoms with Gasteiger partial charge in [-0.15, -0.1) is 0 Å². The van der Waals surface area contributed by atoms with E-state index in [0.29, 0.717) is 6.54 Å². The fourth-order valence-corrected chi connectivity index (χ4v) is 2.00. The molecule has 1 atom stereocenters. The number of hydrogen-bond donors (Lipinski definition) is 1. The van der Waals surface area contributed by atoms with Gasteiger partial charge in [-0.3, -0.25) is 4.98 Å². The maximum Gasteiger partial charge on any atom is 0.317 e. The Kier molecular flexibility index (Phi) is 5.91. The Bertz CT molecular complexity index is 637. The van der Waals surface area contributed by atoms with Crippen LogP contribution in [0.5, 0.6) is 5.75 Å². The molecule has 0 saturated carbocycles. The maximum absolute atomic E-state index is 13.5. The number of amides is 2. The molecule has 0 radical (unpaired) electrons. The van der Waals surface area contributed by atoms with Gasteiger partial charge in [0.1, 0.15) is 6.10 Å². The zero-order chi connectivity index (χ0) is 16.7. The van der Waals surface area contributed by atoms with E-state index in [0.717, 1.165) is 5.56 Å². The second-order valence-electron chi connectivity index (χ2n) is 5.26. The molecule has 0 bridgehead atoms. The molecule has 0 spiro atoms. The Morgan fingerprint density at radius 3 is 2.70 bits per heavy atom. The van der Waals surface area contributed by atoms with Gasteiger partial charge < -0.3 is 15.0 Å². The Morgan fingerprint density at radius 2 is 2.00 bits per heavy atom.